The Morgan fingerprint density at radius 3 is 2.87 bits per heavy atom. The van der Waals surface area contributed by atoms with Crippen molar-refractivity contribution in [2.45, 2.75) is 13.0 Å². The molecule has 0 aliphatic heterocycles. The van der Waals surface area contributed by atoms with Crippen LogP contribution < -0.4 is 11.1 Å². The molecular weight excluding hydrogens is 410 g/mol. The molecule has 0 fully saturated rings. The fraction of sp³-hybridized carbons (Fsp3) is 0.0909. The number of amides is 1. The van der Waals surface area contributed by atoms with Crippen molar-refractivity contribution in [2.24, 2.45) is 0 Å². The molecule has 0 bridgehead atoms. The van der Waals surface area contributed by atoms with E-state index in [0.29, 0.717) is 17.0 Å². The molecule has 0 aliphatic rings. The number of anilines is 1. The normalized spacial score (nSPS) is 12.1. The summed E-state index contributed by atoms with van der Waals surface area (Å²) in [6.45, 7) is 1.88. The third-order valence-corrected chi connectivity index (χ3v) is 5.82. The number of nitrogens with zero attached hydrogens (tertiary/aromatic N) is 5. The minimum absolute atomic E-state index is 0.118. The van der Waals surface area contributed by atoms with Crippen molar-refractivity contribution in [1.82, 2.24) is 29.3 Å². The number of benzene rings is 1. The number of fused-ring (bicyclic) bond motifs is 2. The van der Waals surface area contributed by atoms with Crippen LogP contribution in [0.2, 0.25) is 0 Å². The number of aromatic nitrogens is 5. The summed E-state index contributed by atoms with van der Waals surface area (Å²) in [6.07, 6.45) is 9.00. The van der Waals surface area contributed by atoms with Gasteiger partial charge >= 0.3 is 0 Å². The molecule has 152 valence electrons. The maximum atomic E-state index is 13.1. The number of nitrogens with one attached hydrogen (secondary N) is 1. The van der Waals surface area contributed by atoms with Gasteiger partial charge in [-0.3, -0.25) is 9.20 Å². The number of imidazole rings is 1. The van der Waals surface area contributed by atoms with E-state index in [4.69, 9.17) is 17.1 Å². The lowest BCUT2D eigenvalue weighted by atomic mass is 10.1. The summed E-state index contributed by atoms with van der Waals surface area (Å²) in [5, 5.41) is 9.05. The van der Waals surface area contributed by atoms with Crippen LogP contribution in [0.25, 0.3) is 21.9 Å². The molecule has 1 aromatic carbocycles. The van der Waals surface area contributed by atoms with Gasteiger partial charge < -0.3 is 11.1 Å². The molecule has 0 saturated carbocycles. The Morgan fingerprint density at radius 1 is 1.29 bits per heavy atom. The van der Waals surface area contributed by atoms with Gasteiger partial charge in [0.25, 0.3) is 5.91 Å². The fourth-order valence-electron chi connectivity index (χ4n) is 3.61. The van der Waals surface area contributed by atoms with Crippen molar-refractivity contribution < 1.29 is 4.79 Å². The Balaban J connectivity index is 1.58. The second kappa shape index (κ2) is 7.27. The lowest BCUT2D eigenvalue weighted by Gasteiger charge is -2.14. The molecule has 0 saturated heterocycles. The third kappa shape index (κ3) is 3.01. The van der Waals surface area contributed by atoms with Gasteiger partial charge in [-0.25, -0.2) is 14.5 Å². The zero-order valence-corrected chi connectivity index (χ0v) is 17.3. The van der Waals surface area contributed by atoms with Gasteiger partial charge in [0, 0.05) is 23.3 Å². The second-order valence-electron chi connectivity index (χ2n) is 6.94. The molecule has 31 heavy (non-hydrogen) atoms. The van der Waals surface area contributed by atoms with Crippen LogP contribution >= 0.6 is 11.3 Å². The first kappa shape index (κ1) is 18.8. The number of terminal acetylenes is 1. The molecule has 5 aromatic rings. The largest absolute Gasteiger partial charge is 0.381 e. The molecule has 5 rings (SSSR count). The molecule has 0 unspecified atom stereocenters. The number of rotatable bonds is 4. The maximum Gasteiger partial charge on any atom is 0.259 e. The molecular formula is C22H17N7OS. The molecule has 4 aromatic heterocycles. The summed E-state index contributed by atoms with van der Waals surface area (Å²) in [5.41, 5.74) is 9.87. The zero-order chi connectivity index (χ0) is 21.5. The average Bonchev–Trinajstić information content (AvgIpc) is 3.44. The summed E-state index contributed by atoms with van der Waals surface area (Å²) in [5.74, 6) is 2.46. The number of carbonyl (C=O) groups is 1. The van der Waals surface area contributed by atoms with Crippen LogP contribution in [-0.2, 0) is 0 Å². The van der Waals surface area contributed by atoms with Crippen molar-refractivity contribution in [2.75, 3.05) is 5.73 Å². The Morgan fingerprint density at radius 2 is 2.10 bits per heavy atom. The molecule has 8 nitrogen and oxygen atoms in total. The Bertz CT molecular complexity index is 1470. The predicted molar refractivity (Wildman–Crippen MR) is 120 cm³/mol. The smallest absolute Gasteiger partial charge is 0.259 e. The Kier molecular flexibility index (Phi) is 4.42. The first-order valence-electron chi connectivity index (χ1n) is 9.50. The van der Waals surface area contributed by atoms with Crippen LogP contribution in [0.15, 0.2) is 54.2 Å². The topological polar surface area (TPSA) is 103 Å². The number of thiazole rings is 1. The first-order chi connectivity index (χ1) is 15.1. The van der Waals surface area contributed by atoms with Crippen molar-refractivity contribution in [3.63, 3.8) is 0 Å². The highest BCUT2D eigenvalue weighted by molar-refractivity contribution is 7.15. The van der Waals surface area contributed by atoms with Crippen LogP contribution in [0.3, 0.4) is 0 Å². The third-order valence-electron chi connectivity index (χ3n) is 4.99. The van der Waals surface area contributed by atoms with Gasteiger partial charge in [0.05, 0.1) is 17.4 Å². The molecule has 0 aliphatic carbocycles. The van der Waals surface area contributed by atoms with E-state index in [9.17, 15) is 4.79 Å². The van der Waals surface area contributed by atoms with Crippen LogP contribution in [0, 0.1) is 12.3 Å². The van der Waals surface area contributed by atoms with E-state index in [2.05, 4.69) is 21.3 Å². The highest BCUT2D eigenvalue weighted by atomic mass is 32.1. The zero-order valence-electron chi connectivity index (χ0n) is 16.5. The van der Waals surface area contributed by atoms with Gasteiger partial charge in [-0.2, -0.15) is 0 Å². The summed E-state index contributed by atoms with van der Waals surface area (Å²) >= 11 is 1.46. The van der Waals surface area contributed by atoms with E-state index < -0.39 is 6.04 Å². The van der Waals surface area contributed by atoms with Crippen molar-refractivity contribution in [1.29, 1.82) is 0 Å². The van der Waals surface area contributed by atoms with E-state index >= 15 is 0 Å². The predicted octanol–water partition coefficient (Wildman–Crippen LogP) is 3.16. The Labute approximate surface area is 181 Å². The van der Waals surface area contributed by atoms with Gasteiger partial charge in [0.15, 0.2) is 16.4 Å². The number of hydrogen-bond acceptors (Lipinski definition) is 6. The summed E-state index contributed by atoms with van der Waals surface area (Å²) in [4.78, 5) is 22.9. The molecule has 4 heterocycles. The number of hydrogen-bond donors (Lipinski definition) is 2. The molecule has 9 heteroatoms. The minimum atomic E-state index is -0.418. The minimum Gasteiger partial charge on any atom is -0.381 e. The maximum absolute atomic E-state index is 13.1. The molecule has 1 amide bonds. The van der Waals surface area contributed by atoms with E-state index in [1.807, 2.05) is 47.0 Å². The van der Waals surface area contributed by atoms with Crippen molar-refractivity contribution >= 4 is 33.7 Å². The molecule has 0 radical (unpaired) electrons. The van der Waals surface area contributed by atoms with Crippen LogP contribution in [0.5, 0.6) is 0 Å². The van der Waals surface area contributed by atoms with E-state index in [0.717, 1.165) is 16.2 Å². The van der Waals surface area contributed by atoms with Gasteiger partial charge in [-0.15, -0.1) is 22.9 Å². The lowest BCUT2D eigenvalue weighted by Crippen LogP contribution is -2.28. The van der Waals surface area contributed by atoms with Gasteiger partial charge in [0.1, 0.15) is 11.3 Å². The standard InChI is InChI=1S/C22H17N7OS/c1-3-15-12-31-22-26-17(18(29(15)22)14-8-5-4-6-9-14)13(2)25-21(30)16-19(23)27-28-11-7-10-24-20(16)28/h1,4-13H,2H3,(H2,23,27)(H,25,30)/t13-/m1/s1. The van der Waals surface area contributed by atoms with Gasteiger partial charge in [0.2, 0.25) is 0 Å². The van der Waals surface area contributed by atoms with Gasteiger partial charge in [-0.1, -0.05) is 36.3 Å². The van der Waals surface area contributed by atoms with E-state index in [1.54, 1.807) is 18.5 Å². The number of nitrogens with two attached hydrogens (primary N) is 1. The summed E-state index contributed by atoms with van der Waals surface area (Å²) in [6, 6.07) is 11.1. The van der Waals surface area contributed by atoms with E-state index in [1.165, 1.54) is 15.9 Å². The highest BCUT2D eigenvalue weighted by Gasteiger charge is 2.26. The van der Waals surface area contributed by atoms with Gasteiger partial charge in [-0.05, 0) is 13.0 Å². The fourth-order valence-corrected chi connectivity index (χ4v) is 4.45. The molecule has 1 atom stereocenters. The summed E-state index contributed by atoms with van der Waals surface area (Å²) < 4.78 is 3.43. The van der Waals surface area contributed by atoms with E-state index in [-0.39, 0.29) is 17.3 Å². The Hall–Kier alpha value is -4.16. The average molecular weight is 427 g/mol. The number of nitrogen functional groups attached to an aromatic ring is 1. The lowest BCUT2D eigenvalue weighted by molar-refractivity contribution is 0.0941. The van der Waals surface area contributed by atoms with Crippen LogP contribution in [0.1, 0.15) is 34.7 Å². The van der Waals surface area contributed by atoms with Crippen LogP contribution in [-0.4, -0.2) is 29.9 Å². The van der Waals surface area contributed by atoms with Crippen molar-refractivity contribution in [3.05, 3.63) is 71.1 Å². The monoisotopic (exact) mass is 427 g/mol. The molecule has 3 N–H and O–H groups in total. The first-order valence-corrected chi connectivity index (χ1v) is 10.4. The highest BCUT2D eigenvalue weighted by Crippen LogP contribution is 2.33. The second-order valence-corrected chi connectivity index (χ2v) is 7.77. The SMILES string of the molecule is C#Cc1csc2nc([C@@H](C)NC(=O)c3c(N)nn4cccnc34)c(-c3ccccc3)n12. The number of carbonyl (C=O) groups excluding carboxylic acids is 1. The van der Waals surface area contributed by atoms with Crippen LogP contribution in [0.4, 0.5) is 5.82 Å². The molecule has 0 spiro atoms. The summed E-state index contributed by atoms with van der Waals surface area (Å²) in [7, 11) is 0. The quantitative estimate of drug-likeness (QED) is 0.429. The van der Waals surface area contributed by atoms with Crippen molar-refractivity contribution in [3.8, 4) is 23.6 Å².